The number of hydrogen-bond acceptors (Lipinski definition) is 2. The Hall–Kier alpha value is -1.89. The molecule has 0 aromatic heterocycles. The van der Waals surface area contributed by atoms with Gasteiger partial charge in [0.05, 0.1) is 5.92 Å². The Morgan fingerprint density at radius 1 is 1.45 bits per heavy atom. The van der Waals surface area contributed by atoms with Crippen LogP contribution in [-0.2, 0) is 4.79 Å². The van der Waals surface area contributed by atoms with Crippen molar-refractivity contribution < 1.29 is 23.5 Å². The number of nitrogens with one attached hydrogen (secondary N) is 1. The molecular weight excluding hydrogens is 318 g/mol. The standard InChI is InChI=1S/C14H15ClF2N2O3/c1-7-9(15)5-10(16)12(11(7)17)18-14(22)19-4-2-3-8(6-19)13(20)21/h5,8H,2-4,6H2,1H3,(H,18,22)(H,20,21). The minimum Gasteiger partial charge on any atom is -0.481 e. The number of benzene rings is 1. The molecule has 1 aliphatic rings. The molecule has 1 saturated heterocycles. The number of nitrogens with zero attached hydrogens (tertiary/aromatic N) is 1. The fourth-order valence-corrected chi connectivity index (χ4v) is 2.53. The SMILES string of the molecule is Cc1c(Cl)cc(F)c(NC(=O)N2CCCC(C(=O)O)C2)c1F. The zero-order valence-electron chi connectivity index (χ0n) is 11.8. The normalized spacial score (nSPS) is 18.2. The lowest BCUT2D eigenvalue weighted by Gasteiger charge is -2.30. The lowest BCUT2D eigenvalue weighted by Crippen LogP contribution is -2.44. The fraction of sp³-hybridized carbons (Fsp3) is 0.429. The van der Waals surface area contributed by atoms with Gasteiger partial charge in [-0.05, 0) is 25.8 Å². The zero-order chi connectivity index (χ0) is 16.4. The van der Waals surface area contributed by atoms with Crippen LogP contribution in [0.1, 0.15) is 18.4 Å². The Balaban J connectivity index is 2.16. The molecular formula is C14H15ClF2N2O3. The molecule has 1 unspecified atom stereocenters. The van der Waals surface area contributed by atoms with E-state index in [0.717, 1.165) is 6.07 Å². The van der Waals surface area contributed by atoms with Gasteiger partial charge in [0.25, 0.3) is 0 Å². The summed E-state index contributed by atoms with van der Waals surface area (Å²) in [6.07, 6.45) is 0.997. The zero-order valence-corrected chi connectivity index (χ0v) is 12.6. The summed E-state index contributed by atoms with van der Waals surface area (Å²) < 4.78 is 27.8. The molecule has 1 aromatic rings. The predicted molar refractivity (Wildman–Crippen MR) is 77.1 cm³/mol. The molecule has 1 atom stereocenters. The lowest BCUT2D eigenvalue weighted by molar-refractivity contribution is -0.143. The van der Waals surface area contributed by atoms with E-state index < -0.39 is 35.2 Å². The number of likely N-dealkylation sites (tertiary alicyclic amines) is 1. The van der Waals surface area contributed by atoms with E-state index in [-0.39, 0.29) is 17.1 Å². The van der Waals surface area contributed by atoms with Gasteiger partial charge in [-0.2, -0.15) is 0 Å². The first kappa shape index (κ1) is 16.5. The van der Waals surface area contributed by atoms with Crippen molar-refractivity contribution in [2.24, 2.45) is 5.92 Å². The summed E-state index contributed by atoms with van der Waals surface area (Å²) in [5.41, 5.74) is -0.551. The molecule has 1 aliphatic heterocycles. The summed E-state index contributed by atoms with van der Waals surface area (Å²) in [5, 5.41) is 11.1. The van der Waals surface area contributed by atoms with Gasteiger partial charge in [-0.15, -0.1) is 0 Å². The number of amides is 2. The number of halogens is 3. The smallest absolute Gasteiger partial charge is 0.322 e. The molecule has 2 rings (SSSR count). The summed E-state index contributed by atoms with van der Waals surface area (Å²) in [4.78, 5) is 24.3. The third-order valence-electron chi connectivity index (χ3n) is 3.69. The van der Waals surface area contributed by atoms with E-state index in [1.165, 1.54) is 11.8 Å². The first-order valence-corrected chi connectivity index (χ1v) is 7.12. The molecule has 5 nitrogen and oxygen atoms in total. The van der Waals surface area contributed by atoms with E-state index in [1.807, 2.05) is 0 Å². The van der Waals surface area contributed by atoms with Crippen molar-refractivity contribution in [2.45, 2.75) is 19.8 Å². The van der Waals surface area contributed by atoms with Crippen LogP contribution >= 0.6 is 11.6 Å². The average molecular weight is 333 g/mol. The first-order valence-electron chi connectivity index (χ1n) is 6.74. The number of carboxylic acid groups (broad SMARTS) is 1. The molecule has 0 radical (unpaired) electrons. The maximum Gasteiger partial charge on any atom is 0.322 e. The molecule has 2 N–H and O–H groups in total. The highest BCUT2D eigenvalue weighted by Gasteiger charge is 2.29. The molecule has 1 heterocycles. The molecule has 0 spiro atoms. The van der Waals surface area contributed by atoms with E-state index in [4.69, 9.17) is 16.7 Å². The highest BCUT2D eigenvalue weighted by atomic mass is 35.5. The average Bonchev–Trinajstić information content (AvgIpc) is 2.49. The van der Waals surface area contributed by atoms with Crippen molar-refractivity contribution in [1.82, 2.24) is 4.90 Å². The second-order valence-corrected chi connectivity index (χ2v) is 5.61. The van der Waals surface area contributed by atoms with Crippen molar-refractivity contribution in [1.29, 1.82) is 0 Å². The third-order valence-corrected chi connectivity index (χ3v) is 4.08. The van der Waals surface area contributed by atoms with Crippen LogP contribution in [0.4, 0.5) is 19.3 Å². The molecule has 2 amide bonds. The maximum atomic E-state index is 14.0. The third kappa shape index (κ3) is 3.30. The molecule has 22 heavy (non-hydrogen) atoms. The Morgan fingerprint density at radius 3 is 2.77 bits per heavy atom. The molecule has 0 aliphatic carbocycles. The number of carbonyl (C=O) groups is 2. The van der Waals surface area contributed by atoms with E-state index >= 15 is 0 Å². The maximum absolute atomic E-state index is 14.0. The molecule has 1 fully saturated rings. The number of urea groups is 1. The molecule has 1 aromatic carbocycles. The second-order valence-electron chi connectivity index (χ2n) is 5.21. The number of piperidine rings is 1. The summed E-state index contributed by atoms with van der Waals surface area (Å²) in [5.74, 6) is -3.57. The molecule has 120 valence electrons. The molecule has 0 saturated carbocycles. The highest BCUT2D eigenvalue weighted by molar-refractivity contribution is 6.31. The van der Waals surface area contributed by atoms with Gasteiger partial charge in [0, 0.05) is 23.7 Å². The van der Waals surface area contributed by atoms with Crippen LogP contribution in [0, 0.1) is 24.5 Å². The van der Waals surface area contributed by atoms with E-state index in [0.29, 0.717) is 19.4 Å². The summed E-state index contributed by atoms with van der Waals surface area (Å²) in [6, 6.07) is 0.191. The van der Waals surface area contributed by atoms with Crippen molar-refractivity contribution in [3.05, 3.63) is 28.3 Å². The van der Waals surface area contributed by atoms with Crippen LogP contribution < -0.4 is 5.32 Å². The van der Waals surface area contributed by atoms with Crippen molar-refractivity contribution in [3.8, 4) is 0 Å². The highest BCUT2D eigenvalue weighted by Crippen LogP contribution is 2.28. The van der Waals surface area contributed by atoms with Crippen LogP contribution in [0.15, 0.2) is 6.07 Å². The molecule has 0 bridgehead atoms. The number of carboxylic acids is 1. The van der Waals surface area contributed by atoms with Gasteiger partial charge in [0.15, 0.2) is 11.6 Å². The second kappa shape index (κ2) is 6.48. The number of rotatable bonds is 2. The Morgan fingerprint density at radius 2 is 2.14 bits per heavy atom. The van der Waals surface area contributed by atoms with Crippen LogP contribution in [0.5, 0.6) is 0 Å². The van der Waals surface area contributed by atoms with Gasteiger partial charge >= 0.3 is 12.0 Å². The summed E-state index contributed by atoms with van der Waals surface area (Å²) in [7, 11) is 0. The summed E-state index contributed by atoms with van der Waals surface area (Å²) in [6.45, 7) is 1.72. The first-order chi connectivity index (χ1) is 10.3. The van der Waals surface area contributed by atoms with Gasteiger partial charge in [-0.25, -0.2) is 13.6 Å². The van der Waals surface area contributed by atoms with E-state index in [2.05, 4.69) is 5.32 Å². The van der Waals surface area contributed by atoms with Crippen molar-refractivity contribution in [3.63, 3.8) is 0 Å². The van der Waals surface area contributed by atoms with E-state index in [9.17, 15) is 18.4 Å². The monoisotopic (exact) mass is 332 g/mol. The lowest BCUT2D eigenvalue weighted by atomic mass is 9.99. The van der Waals surface area contributed by atoms with Gasteiger partial charge in [0.1, 0.15) is 5.69 Å². The van der Waals surface area contributed by atoms with E-state index in [1.54, 1.807) is 0 Å². The molecule has 8 heteroatoms. The predicted octanol–water partition coefficient (Wildman–Crippen LogP) is 3.26. The number of carbonyl (C=O) groups excluding carboxylic acids is 1. The van der Waals surface area contributed by atoms with Crippen molar-refractivity contribution >= 4 is 29.3 Å². The Bertz CT molecular complexity index is 625. The minimum atomic E-state index is -0.989. The van der Waals surface area contributed by atoms with Crippen molar-refractivity contribution in [2.75, 3.05) is 18.4 Å². The number of anilines is 1. The van der Waals surface area contributed by atoms with Gasteiger partial charge in [0.2, 0.25) is 0 Å². The minimum absolute atomic E-state index is 0.0109. The number of hydrogen-bond donors (Lipinski definition) is 2. The quantitative estimate of drug-likeness (QED) is 0.873. The Kier molecular flexibility index (Phi) is 4.85. The topological polar surface area (TPSA) is 69.6 Å². The van der Waals surface area contributed by atoms with Crippen LogP contribution in [0.2, 0.25) is 5.02 Å². The largest absolute Gasteiger partial charge is 0.481 e. The number of aliphatic carboxylic acids is 1. The van der Waals surface area contributed by atoms with Gasteiger partial charge < -0.3 is 15.3 Å². The fourth-order valence-electron chi connectivity index (χ4n) is 2.35. The summed E-state index contributed by atoms with van der Waals surface area (Å²) >= 11 is 5.66. The van der Waals surface area contributed by atoms with Gasteiger partial charge in [-0.1, -0.05) is 11.6 Å². The van der Waals surface area contributed by atoms with Crippen LogP contribution in [0.3, 0.4) is 0 Å². The van der Waals surface area contributed by atoms with Crippen LogP contribution in [0.25, 0.3) is 0 Å². The van der Waals surface area contributed by atoms with Crippen LogP contribution in [-0.4, -0.2) is 35.1 Å². The van der Waals surface area contributed by atoms with Gasteiger partial charge in [-0.3, -0.25) is 4.79 Å². The Labute approximate surface area is 130 Å².